The lowest BCUT2D eigenvalue weighted by molar-refractivity contribution is 0.0975. The lowest BCUT2D eigenvalue weighted by atomic mass is 9.84. The molecule has 4 heterocycles. The van der Waals surface area contributed by atoms with Crippen molar-refractivity contribution in [2.24, 2.45) is 5.92 Å². The van der Waals surface area contributed by atoms with Gasteiger partial charge >= 0.3 is 0 Å². The maximum Gasteiger partial charge on any atom is 0.123 e. The standard InChI is InChI=1S/C12H18N4/c13-12-2-1-10(7-14-12)15-11-8-16-5-3-9(11)4-6-16/h1-2,7,9,11,15H,3-6,8H2,(H2,13,14). The Morgan fingerprint density at radius 2 is 2.12 bits per heavy atom. The Morgan fingerprint density at radius 3 is 2.69 bits per heavy atom. The quantitative estimate of drug-likeness (QED) is 0.782. The molecule has 4 heteroatoms. The Bertz CT molecular complexity index is 354. The molecular weight excluding hydrogens is 200 g/mol. The number of hydrogen-bond donors (Lipinski definition) is 2. The molecule has 3 saturated heterocycles. The summed E-state index contributed by atoms with van der Waals surface area (Å²) in [6.07, 6.45) is 4.49. The summed E-state index contributed by atoms with van der Waals surface area (Å²) < 4.78 is 0. The van der Waals surface area contributed by atoms with Gasteiger partial charge in [-0.05, 0) is 44.0 Å². The van der Waals surface area contributed by atoms with Gasteiger partial charge in [-0.3, -0.25) is 0 Å². The van der Waals surface area contributed by atoms with E-state index < -0.39 is 0 Å². The number of hydrogen-bond acceptors (Lipinski definition) is 4. The normalized spacial score (nSPS) is 32.6. The largest absolute Gasteiger partial charge is 0.384 e. The molecule has 3 aliphatic heterocycles. The van der Waals surface area contributed by atoms with Gasteiger partial charge in [-0.15, -0.1) is 0 Å². The Kier molecular flexibility index (Phi) is 2.44. The van der Waals surface area contributed by atoms with Crippen LogP contribution < -0.4 is 11.1 Å². The van der Waals surface area contributed by atoms with E-state index in [0.717, 1.165) is 11.6 Å². The van der Waals surface area contributed by atoms with E-state index in [9.17, 15) is 0 Å². The minimum atomic E-state index is 0.583. The van der Waals surface area contributed by atoms with Gasteiger partial charge in [0, 0.05) is 12.6 Å². The zero-order valence-corrected chi connectivity index (χ0v) is 9.39. The summed E-state index contributed by atoms with van der Waals surface area (Å²) in [6.45, 7) is 3.74. The molecule has 86 valence electrons. The topological polar surface area (TPSA) is 54.2 Å². The molecule has 3 fully saturated rings. The molecule has 0 spiro atoms. The van der Waals surface area contributed by atoms with E-state index >= 15 is 0 Å². The summed E-state index contributed by atoms with van der Waals surface area (Å²) in [5, 5.41) is 3.58. The molecule has 1 aromatic heterocycles. The predicted octanol–water partition coefficient (Wildman–Crippen LogP) is 1.17. The van der Waals surface area contributed by atoms with E-state index in [4.69, 9.17) is 5.73 Å². The van der Waals surface area contributed by atoms with Crippen LogP contribution in [0.25, 0.3) is 0 Å². The van der Waals surface area contributed by atoms with Crippen molar-refractivity contribution in [2.75, 3.05) is 30.7 Å². The molecule has 4 rings (SSSR count). The van der Waals surface area contributed by atoms with E-state index in [1.165, 1.54) is 32.5 Å². The van der Waals surface area contributed by atoms with Crippen molar-refractivity contribution in [1.29, 1.82) is 0 Å². The van der Waals surface area contributed by atoms with Crippen LogP contribution in [0.5, 0.6) is 0 Å². The van der Waals surface area contributed by atoms with Gasteiger partial charge in [-0.2, -0.15) is 0 Å². The fraction of sp³-hybridized carbons (Fsp3) is 0.583. The van der Waals surface area contributed by atoms with Crippen LogP contribution in [0, 0.1) is 5.92 Å². The molecule has 1 unspecified atom stereocenters. The second kappa shape index (κ2) is 3.94. The van der Waals surface area contributed by atoms with Gasteiger partial charge in [0.15, 0.2) is 0 Å². The Balaban J connectivity index is 1.68. The Morgan fingerprint density at radius 1 is 1.31 bits per heavy atom. The number of pyridine rings is 1. The number of nitrogen functional groups attached to an aromatic ring is 1. The van der Waals surface area contributed by atoms with Gasteiger partial charge in [-0.25, -0.2) is 4.98 Å². The highest BCUT2D eigenvalue weighted by Crippen LogP contribution is 2.29. The number of nitrogens with two attached hydrogens (primary N) is 1. The fourth-order valence-corrected chi connectivity index (χ4v) is 2.83. The molecule has 4 nitrogen and oxygen atoms in total. The summed E-state index contributed by atoms with van der Waals surface area (Å²) in [7, 11) is 0. The van der Waals surface area contributed by atoms with E-state index in [1.54, 1.807) is 0 Å². The van der Waals surface area contributed by atoms with Crippen molar-refractivity contribution >= 4 is 11.5 Å². The van der Waals surface area contributed by atoms with Crippen molar-refractivity contribution in [3.63, 3.8) is 0 Å². The number of nitrogens with zero attached hydrogens (tertiary/aromatic N) is 2. The van der Waals surface area contributed by atoms with Crippen molar-refractivity contribution in [1.82, 2.24) is 9.88 Å². The molecule has 0 saturated carbocycles. The lowest BCUT2D eigenvalue weighted by Crippen LogP contribution is -2.53. The van der Waals surface area contributed by atoms with Crippen LogP contribution >= 0.6 is 0 Å². The number of aromatic nitrogens is 1. The first kappa shape index (κ1) is 9.90. The molecule has 0 aromatic carbocycles. The van der Waals surface area contributed by atoms with Crippen molar-refractivity contribution < 1.29 is 0 Å². The minimum Gasteiger partial charge on any atom is -0.384 e. The molecule has 0 aliphatic carbocycles. The van der Waals surface area contributed by atoms with Crippen molar-refractivity contribution in [3.05, 3.63) is 18.3 Å². The van der Waals surface area contributed by atoms with Crippen LogP contribution in [0.15, 0.2) is 18.3 Å². The highest BCUT2D eigenvalue weighted by atomic mass is 15.2. The Labute approximate surface area is 95.8 Å². The maximum absolute atomic E-state index is 5.57. The van der Waals surface area contributed by atoms with Crippen LogP contribution in [-0.4, -0.2) is 35.6 Å². The summed E-state index contributed by atoms with van der Waals surface area (Å²) in [5.41, 5.74) is 6.66. The van der Waals surface area contributed by atoms with Gasteiger partial charge in [0.2, 0.25) is 0 Å². The number of piperidine rings is 3. The van der Waals surface area contributed by atoms with Crippen LogP contribution in [0.3, 0.4) is 0 Å². The Hall–Kier alpha value is -1.29. The summed E-state index contributed by atoms with van der Waals surface area (Å²) >= 11 is 0. The smallest absolute Gasteiger partial charge is 0.123 e. The molecule has 1 atom stereocenters. The summed E-state index contributed by atoms with van der Waals surface area (Å²) in [6, 6.07) is 4.46. The number of fused-ring (bicyclic) bond motifs is 3. The van der Waals surface area contributed by atoms with Crippen LogP contribution in [0.4, 0.5) is 11.5 Å². The van der Waals surface area contributed by atoms with Gasteiger partial charge in [-0.1, -0.05) is 0 Å². The lowest BCUT2D eigenvalue weighted by Gasteiger charge is -2.45. The van der Waals surface area contributed by atoms with Crippen molar-refractivity contribution in [3.8, 4) is 0 Å². The van der Waals surface area contributed by atoms with E-state index in [-0.39, 0.29) is 0 Å². The highest BCUT2D eigenvalue weighted by Gasteiger charge is 2.33. The molecule has 16 heavy (non-hydrogen) atoms. The first-order valence-corrected chi connectivity index (χ1v) is 6.02. The molecule has 3 aliphatic rings. The molecule has 0 radical (unpaired) electrons. The third-order valence-corrected chi connectivity index (χ3v) is 3.79. The van der Waals surface area contributed by atoms with Gasteiger partial charge < -0.3 is 16.0 Å². The zero-order chi connectivity index (χ0) is 11.0. The third-order valence-electron chi connectivity index (χ3n) is 3.79. The van der Waals surface area contributed by atoms with E-state index in [0.29, 0.717) is 11.9 Å². The first-order chi connectivity index (χ1) is 7.81. The SMILES string of the molecule is Nc1ccc(NC2CN3CCC2CC3)cn1. The number of rotatable bonds is 2. The van der Waals surface area contributed by atoms with Gasteiger partial charge in [0.25, 0.3) is 0 Å². The molecule has 0 amide bonds. The second-order valence-electron chi connectivity index (χ2n) is 4.86. The molecular formula is C12H18N4. The monoisotopic (exact) mass is 218 g/mol. The first-order valence-electron chi connectivity index (χ1n) is 6.02. The van der Waals surface area contributed by atoms with E-state index in [2.05, 4.69) is 15.2 Å². The third kappa shape index (κ3) is 1.85. The summed E-state index contributed by atoms with van der Waals surface area (Å²) in [5.74, 6) is 1.42. The zero-order valence-electron chi connectivity index (χ0n) is 9.39. The van der Waals surface area contributed by atoms with E-state index in [1.807, 2.05) is 18.3 Å². The average Bonchev–Trinajstić information content (AvgIpc) is 2.34. The van der Waals surface area contributed by atoms with Gasteiger partial charge in [0.1, 0.15) is 5.82 Å². The number of nitrogens with one attached hydrogen (secondary N) is 1. The predicted molar refractivity (Wildman–Crippen MR) is 65.2 cm³/mol. The van der Waals surface area contributed by atoms with Crippen LogP contribution in [0.1, 0.15) is 12.8 Å². The molecule has 3 N–H and O–H groups in total. The highest BCUT2D eigenvalue weighted by molar-refractivity contribution is 5.46. The van der Waals surface area contributed by atoms with Gasteiger partial charge in [0.05, 0.1) is 11.9 Å². The molecule has 1 aromatic rings. The number of anilines is 2. The van der Waals surface area contributed by atoms with Crippen molar-refractivity contribution in [2.45, 2.75) is 18.9 Å². The minimum absolute atomic E-state index is 0.583. The summed E-state index contributed by atoms with van der Waals surface area (Å²) in [4.78, 5) is 6.65. The second-order valence-corrected chi connectivity index (χ2v) is 4.86. The maximum atomic E-state index is 5.57. The van der Waals surface area contributed by atoms with Crippen LogP contribution in [0.2, 0.25) is 0 Å². The fourth-order valence-electron chi connectivity index (χ4n) is 2.83. The average molecular weight is 218 g/mol. The molecule has 2 bridgehead atoms. The van der Waals surface area contributed by atoms with Crippen LogP contribution in [-0.2, 0) is 0 Å².